The summed E-state index contributed by atoms with van der Waals surface area (Å²) in [7, 11) is 0. The van der Waals surface area contributed by atoms with E-state index in [1.165, 1.54) is 0 Å². The van der Waals surface area contributed by atoms with Gasteiger partial charge < -0.3 is 4.74 Å². The number of nitrogens with zero attached hydrogens (tertiary/aromatic N) is 1. The maximum Gasteiger partial charge on any atom is 0.311 e. The van der Waals surface area contributed by atoms with Crippen molar-refractivity contribution in [2.45, 2.75) is 27.2 Å². The Hall–Kier alpha value is -1.10. The van der Waals surface area contributed by atoms with Crippen LogP contribution in [-0.2, 0) is 0 Å². The lowest BCUT2D eigenvalue weighted by Gasteiger charge is -2.15. The Bertz CT molecular complexity index is 430. The predicted molar refractivity (Wildman–Crippen MR) is 75.6 cm³/mol. The third-order valence-electron chi connectivity index (χ3n) is 2.86. The molecule has 0 aliphatic carbocycles. The van der Waals surface area contributed by atoms with E-state index < -0.39 is 0 Å². The van der Waals surface area contributed by atoms with Crippen LogP contribution >= 0.6 is 15.9 Å². The van der Waals surface area contributed by atoms with Crippen LogP contribution in [0.4, 0.5) is 5.69 Å². The highest BCUT2D eigenvalue weighted by Gasteiger charge is 2.19. The van der Waals surface area contributed by atoms with E-state index in [0.717, 1.165) is 22.9 Å². The maximum absolute atomic E-state index is 11.0. The van der Waals surface area contributed by atoms with Gasteiger partial charge in [-0.3, -0.25) is 10.1 Å². The summed E-state index contributed by atoms with van der Waals surface area (Å²) in [5.41, 5.74) is 1.74. The highest BCUT2D eigenvalue weighted by Crippen LogP contribution is 2.32. The maximum atomic E-state index is 11.0. The zero-order chi connectivity index (χ0) is 13.7. The molecule has 1 aromatic rings. The van der Waals surface area contributed by atoms with E-state index in [1.54, 1.807) is 6.07 Å². The van der Waals surface area contributed by atoms with Crippen LogP contribution < -0.4 is 4.74 Å². The Morgan fingerprint density at radius 2 is 2.11 bits per heavy atom. The van der Waals surface area contributed by atoms with Crippen molar-refractivity contribution in [2.24, 2.45) is 5.92 Å². The van der Waals surface area contributed by atoms with Crippen molar-refractivity contribution >= 4 is 21.6 Å². The van der Waals surface area contributed by atoms with Crippen LogP contribution in [0.3, 0.4) is 0 Å². The number of rotatable bonds is 6. The first-order valence-corrected chi connectivity index (χ1v) is 7.06. The van der Waals surface area contributed by atoms with Crippen LogP contribution in [-0.4, -0.2) is 16.9 Å². The monoisotopic (exact) mass is 315 g/mol. The Labute approximate surface area is 116 Å². The molecule has 0 radical (unpaired) electrons. The minimum absolute atomic E-state index is 0.0527. The van der Waals surface area contributed by atoms with Gasteiger partial charge in [-0.2, -0.15) is 0 Å². The molecular formula is C13H18BrNO3. The lowest BCUT2D eigenvalue weighted by Crippen LogP contribution is -2.13. The molecule has 0 saturated heterocycles. The average molecular weight is 316 g/mol. The topological polar surface area (TPSA) is 52.4 Å². The summed E-state index contributed by atoms with van der Waals surface area (Å²) in [5.74, 6) is 0.760. The van der Waals surface area contributed by atoms with Crippen LogP contribution in [0.1, 0.15) is 24.5 Å². The molecule has 1 rings (SSSR count). The van der Waals surface area contributed by atoms with Gasteiger partial charge in [0.2, 0.25) is 0 Å². The smallest absolute Gasteiger partial charge is 0.311 e. The molecule has 0 spiro atoms. The van der Waals surface area contributed by atoms with E-state index in [-0.39, 0.29) is 10.6 Å². The summed E-state index contributed by atoms with van der Waals surface area (Å²) >= 11 is 3.41. The zero-order valence-electron chi connectivity index (χ0n) is 10.9. The van der Waals surface area contributed by atoms with Crippen molar-refractivity contribution in [3.05, 3.63) is 33.4 Å². The van der Waals surface area contributed by atoms with Crippen LogP contribution in [0.2, 0.25) is 0 Å². The Morgan fingerprint density at radius 3 is 2.61 bits per heavy atom. The molecule has 0 aliphatic rings. The molecule has 0 saturated carbocycles. The fourth-order valence-corrected chi connectivity index (χ4v) is 2.37. The standard InChI is InChI=1S/C13H18BrNO3/c1-4-11(7-14)8-18-13-10(3)5-9(2)6-12(13)15(16)17/h5-6,11H,4,7-8H2,1-3H3. The molecule has 1 unspecified atom stereocenters. The Kier molecular flexibility index (Phi) is 5.59. The van der Waals surface area contributed by atoms with Crippen LogP contribution in [0, 0.1) is 29.9 Å². The van der Waals surface area contributed by atoms with Gasteiger partial charge in [-0.15, -0.1) is 0 Å². The van der Waals surface area contributed by atoms with Gasteiger partial charge in [0.25, 0.3) is 0 Å². The largest absolute Gasteiger partial charge is 0.486 e. The summed E-state index contributed by atoms with van der Waals surface area (Å²) in [6, 6.07) is 3.45. The van der Waals surface area contributed by atoms with E-state index in [9.17, 15) is 10.1 Å². The normalized spacial score (nSPS) is 12.2. The third kappa shape index (κ3) is 3.70. The molecule has 0 heterocycles. The van der Waals surface area contributed by atoms with Crippen molar-refractivity contribution in [1.82, 2.24) is 0 Å². The van der Waals surface area contributed by atoms with Crippen LogP contribution in [0.25, 0.3) is 0 Å². The summed E-state index contributed by atoms with van der Waals surface area (Å²) in [6.45, 7) is 6.25. The first-order valence-electron chi connectivity index (χ1n) is 5.94. The minimum Gasteiger partial charge on any atom is -0.486 e. The first-order chi connectivity index (χ1) is 8.49. The number of halogens is 1. The van der Waals surface area contributed by atoms with Crippen LogP contribution in [0.15, 0.2) is 12.1 Å². The molecular weight excluding hydrogens is 298 g/mol. The van der Waals surface area contributed by atoms with Gasteiger partial charge in [-0.05, 0) is 31.4 Å². The zero-order valence-corrected chi connectivity index (χ0v) is 12.5. The summed E-state index contributed by atoms with van der Waals surface area (Å²) in [4.78, 5) is 10.6. The molecule has 100 valence electrons. The molecule has 1 aromatic carbocycles. The second-order valence-corrected chi connectivity index (χ2v) is 5.07. The molecule has 0 fully saturated rings. The summed E-state index contributed by atoms with van der Waals surface area (Å²) in [5, 5.41) is 11.9. The summed E-state index contributed by atoms with van der Waals surface area (Å²) in [6.07, 6.45) is 0.976. The molecule has 0 amide bonds. The van der Waals surface area contributed by atoms with Crippen molar-refractivity contribution in [2.75, 3.05) is 11.9 Å². The average Bonchev–Trinajstić information content (AvgIpc) is 2.31. The molecule has 1 atom stereocenters. The number of ether oxygens (including phenoxy) is 1. The highest BCUT2D eigenvalue weighted by atomic mass is 79.9. The van der Waals surface area contributed by atoms with E-state index >= 15 is 0 Å². The quantitative estimate of drug-likeness (QED) is 0.452. The second kappa shape index (κ2) is 6.73. The van der Waals surface area contributed by atoms with E-state index in [1.807, 2.05) is 19.9 Å². The summed E-state index contributed by atoms with van der Waals surface area (Å²) < 4.78 is 5.66. The SMILES string of the molecule is CCC(CBr)COc1c(C)cc(C)cc1[N+](=O)[O-]. The number of alkyl halides is 1. The molecule has 0 aliphatic heterocycles. The van der Waals surface area contributed by atoms with Gasteiger partial charge in [0.1, 0.15) is 0 Å². The fourth-order valence-electron chi connectivity index (χ4n) is 1.73. The lowest BCUT2D eigenvalue weighted by molar-refractivity contribution is -0.386. The van der Waals surface area contributed by atoms with E-state index in [4.69, 9.17) is 4.74 Å². The Balaban J connectivity index is 2.96. The molecule has 0 N–H and O–H groups in total. The molecule has 5 heteroatoms. The van der Waals surface area contributed by atoms with Crippen molar-refractivity contribution in [3.63, 3.8) is 0 Å². The third-order valence-corrected chi connectivity index (χ3v) is 3.77. The van der Waals surface area contributed by atoms with Gasteiger partial charge >= 0.3 is 5.69 Å². The number of nitro groups is 1. The molecule has 18 heavy (non-hydrogen) atoms. The van der Waals surface area contributed by atoms with E-state index in [2.05, 4.69) is 22.9 Å². The van der Waals surface area contributed by atoms with Gasteiger partial charge in [-0.25, -0.2) is 0 Å². The fraction of sp³-hybridized carbons (Fsp3) is 0.538. The highest BCUT2D eigenvalue weighted by molar-refractivity contribution is 9.09. The van der Waals surface area contributed by atoms with Gasteiger partial charge in [0.15, 0.2) is 5.75 Å². The Morgan fingerprint density at radius 1 is 1.44 bits per heavy atom. The van der Waals surface area contributed by atoms with Gasteiger partial charge in [0, 0.05) is 17.3 Å². The number of aryl methyl sites for hydroxylation is 2. The second-order valence-electron chi connectivity index (χ2n) is 4.43. The van der Waals surface area contributed by atoms with Crippen molar-refractivity contribution < 1.29 is 9.66 Å². The number of benzene rings is 1. The lowest BCUT2D eigenvalue weighted by atomic mass is 10.1. The number of hydrogen-bond acceptors (Lipinski definition) is 3. The van der Waals surface area contributed by atoms with Gasteiger partial charge in [-0.1, -0.05) is 28.9 Å². The predicted octanol–water partition coefficient (Wildman–Crippen LogP) is 4.01. The van der Waals surface area contributed by atoms with Gasteiger partial charge in [0.05, 0.1) is 11.5 Å². The first kappa shape index (κ1) is 15.0. The minimum atomic E-state index is -0.385. The van der Waals surface area contributed by atoms with Crippen LogP contribution in [0.5, 0.6) is 5.75 Å². The number of nitro benzene ring substituents is 1. The molecule has 4 nitrogen and oxygen atoms in total. The van der Waals surface area contributed by atoms with Crippen molar-refractivity contribution in [1.29, 1.82) is 0 Å². The van der Waals surface area contributed by atoms with Crippen molar-refractivity contribution in [3.8, 4) is 5.75 Å². The molecule has 0 bridgehead atoms. The van der Waals surface area contributed by atoms with E-state index in [0.29, 0.717) is 18.3 Å². The molecule has 0 aromatic heterocycles. The number of hydrogen-bond donors (Lipinski definition) is 0.